The maximum atomic E-state index is 12.5. The maximum absolute atomic E-state index is 12.5. The van der Waals surface area contributed by atoms with E-state index in [1.54, 1.807) is 17.0 Å². The molecule has 23 heavy (non-hydrogen) atoms. The van der Waals surface area contributed by atoms with Crippen LogP contribution in [0.2, 0.25) is 0 Å². The number of sulfone groups is 1. The summed E-state index contributed by atoms with van der Waals surface area (Å²) in [5.41, 5.74) is 0. The third-order valence-corrected chi connectivity index (χ3v) is 5.99. The van der Waals surface area contributed by atoms with E-state index in [4.69, 9.17) is 4.74 Å². The van der Waals surface area contributed by atoms with E-state index >= 15 is 0 Å². The van der Waals surface area contributed by atoms with Crippen molar-refractivity contribution in [2.75, 3.05) is 24.7 Å². The van der Waals surface area contributed by atoms with Crippen molar-refractivity contribution in [1.82, 2.24) is 4.90 Å². The zero-order valence-electron chi connectivity index (χ0n) is 13.4. The molecule has 1 atom stereocenters. The molecule has 128 valence electrons. The van der Waals surface area contributed by atoms with Gasteiger partial charge in [0.05, 0.1) is 11.5 Å². The smallest absolute Gasteiger partial charge is 0.260 e. The number of carbonyl (C=O) groups excluding carboxylic acids is 1. The number of halogens is 1. The van der Waals surface area contributed by atoms with Gasteiger partial charge in [-0.1, -0.05) is 29.8 Å². The van der Waals surface area contributed by atoms with E-state index in [1.807, 2.05) is 26.0 Å². The van der Waals surface area contributed by atoms with Crippen molar-refractivity contribution in [2.45, 2.75) is 26.3 Å². The lowest BCUT2D eigenvalue weighted by Crippen LogP contribution is -2.45. The Morgan fingerprint density at radius 2 is 2.00 bits per heavy atom. The molecule has 1 heterocycles. The van der Waals surface area contributed by atoms with Gasteiger partial charge in [-0.05, 0) is 36.6 Å². The molecular weight excluding hydrogens is 382 g/mol. The topological polar surface area (TPSA) is 63.7 Å². The number of ether oxygens (including phenoxy) is 1. The van der Waals surface area contributed by atoms with E-state index in [9.17, 15) is 13.2 Å². The summed E-state index contributed by atoms with van der Waals surface area (Å²) in [6.45, 7) is 4.49. The van der Waals surface area contributed by atoms with Crippen molar-refractivity contribution >= 4 is 31.7 Å². The molecule has 0 bridgehead atoms. The second kappa shape index (κ2) is 7.66. The molecule has 1 saturated heterocycles. The summed E-state index contributed by atoms with van der Waals surface area (Å²) in [6.07, 6.45) is 0.513. The number of amides is 1. The van der Waals surface area contributed by atoms with E-state index in [2.05, 4.69) is 15.9 Å². The van der Waals surface area contributed by atoms with Crippen LogP contribution in [-0.2, 0) is 14.6 Å². The summed E-state index contributed by atoms with van der Waals surface area (Å²) in [7, 11) is -3.02. The minimum absolute atomic E-state index is 0.0593. The van der Waals surface area contributed by atoms with Gasteiger partial charge in [0.2, 0.25) is 0 Å². The van der Waals surface area contributed by atoms with Crippen LogP contribution >= 0.6 is 15.9 Å². The highest BCUT2D eigenvalue weighted by Gasteiger charge is 2.34. The number of benzene rings is 1. The molecule has 1 aromatic carbocycles. The molecule has 0 aliphatic carbocycles. The first kappa shape index (κ1) is 18.3. The van der Waals surface area contributed by atoms with Crippen molar-refractivity contribution < 1.29 is 17.9 Å². The molecule has 0 radical (unpaired) electrons. The first-order valence-corrected chi connectivity index (χ1v) is 10.3. The molecule has 1 fully saturated rings. The van der Waals surface area contributed by atoms with Gasteiger partial charge in [-0.15, -0.1) is 0 Å². The summed E-state index contributed by atoms with van der Waals surface area (Å²) in [6, 6.07) is 7.02. The van der Waals surface area contributed by atoms with Crippen LogP contribution in [0.15, 0.2) is 28.7 Å². The van der Waals surface area contributed by atoms with E-state index in [1.165, 1.54) is 0 Å². The van der Waals surface area contributed by atoms with Gasteiger partial charge in [0.1, 0.15) is 5.75 Å². The number of hydrogen-bond acceptors (Lipinski definition) is 4. The Morgan fingerprint density at radius 3 is 2.52 bits per heavy atom. The quantitative estimate of drug-likeness (QED) is 0.731. The van der Waals surface area contributed by atoms with Gasteiger partial charge in [0.25, 0.3) is 5.91 Å². The van der Waals surface area contributed by atoms with E-state index in [0.29, 0.717) is 18.7 Å². The van der Waals surface area contributed by atoms with Crippen LogP contribution in [0.4, 0.5) is 0 Å². The van der Waals surface area contributed by atoms with Crippen LogP contribution < -0.4 is 4.74 Å². The van der Waals surface area contributed by atoms with Crippen LogP contribution in [0.1, 0.15) is 20.3 Å². The van der Waals surface area contributed by atoms with Crippen molar-refractivity contribution in [3.63, 3.8) is 0 Å². The Kier molecular flexibility index (Phi) is 6.08. The fraction of sp³-hybridized carbons (Fsp3) is 0.562. The van der Waals surface area contributed by atoms with E-state index < -0.39 is 9.84 Å². The zero-order valence-corrected chi connectivity index (χ0v) is 15.8. The molecule has 0 unspecified atom stereocenters. The number of hydrogen-bond donors (Lipinski definition) is 0. The van der Waals surface area contributed by atoms with Crippen molar-refractivity contribution in [2.24, 2.45) is 5.92 Å². The van der Waals surface area contributed by atoms with Gasteiger partial charge in [-0.2, -0.15) is 0 Å². The fourth-order valence-electron chi connectivity index (χ4n) is 2.63. The van der Waals surface area contributed by atoms with Crippen LogP contribution in [0.5, 0.6) is 5.75 Å². The fourth-order valence-corrected chi connectivity index (χ4v) is 4.62. The van der Waals surface area contributed by atoms with Gasteiger partial charge in [0, 0.05) is 17.1 Å². The molecule has 1 amide bonds. The van der Waals surface area contributed by atoms with Crippen molar-refractivity contribution in [3.8, 4) is 5.75 Å². The summed E-state index contributed by atoms with van der Waals surface area (Å²) in [4.78, 5) is 14.2. The van der Waals surface area contributed by atoms with Gasteiger partial charge in [-0.3, -0.25) is 4.79 Å². The predicted octanol–water partition coefficient (Wildman–Crippen LogP) is 2.50. The van der Waals surface area contributed by atoms with Crippen LogP contribution in [0, 0.1) is 5.92 Å². The van der Waals surface area contributed by atoms with Crippen molar-refractivity contribution in [1.29, 1.82) is 0 Å². The standard InChI is InChI=1S/C16H22BrNO4S/c1-12(2)9-18(14-7-8-23(20,21)11-14)16(19)10-22-15-5-3-13(17)4-6-15/h3-6,12,14H,7-11H2,1-2H3/t14-/m0/s1. The van der Waals surface area contributed by atoms with Crippen molar-refractivity contribution in [3.05, 3.63) is 28.7 Å². The summed E-state index contributed by atoms with van der Waals surface area (Å²) in [5.74, 6) is 0.945. The molecule has 1 aromatic rings. The summed E-state index contributed by atoms with van der Waals surface area (Å²) < 4.78 is 29.9. The summed E-state index contributed by atoms with van der Waals surface area (Å²) in [5, 5.41) is 0. The number of nitrogens with zero attached hydrogens (tertiary/aromatic N) is 1. The predicted molar refractivity (Wildman–Crippen MR) is 93.2 cm³/mol. The van der Waals surface area contributed by atoms with Crippen LogP contribution in [-0.4, -0.2) is 49.9 Å². The normalized spacial score (nSPS) is 19.7. The molecular formula is C16H22BrNO4S. The Labute approximate surface area is 146 Å². The minimum Gasteiger partial charge on any atom is -0.484 e. The lowest BCUT2D eigenvalue weighted by Gasteiger charge is -2.29. The summed E-state index contributed by atoms with van der Waals surface area (Å²) >= 11 is 3.34. The molecule has 7 heteroatoms. The molecule has 5 nitrogen and oxygen atoms in total. The Bertz CT molecular complexity index is 643. The van der Waals surface area contributed by atoms with E-state index in [0.717, 1.165) is 4.47 Å². The molecule has 0 N–H and O–H groups in total. The largest absolute Gasteiger partial charge is 0.484 e. The van der Waals surface area contributed by atoms with Gasteiger partial charge in [-0.25, -0.2) is 8.42 Å². The SMILES string of the molecule is CC(C)CN(C(=O)COc1ccc(Br)cc1)[C@H]1CCS(=O)(=O)C1. The minimum atomic E-state index is -3.02. The molecule has 0 saturated carbocycles. The highest BCUT2D eigenvalue weighted by molar-refractivity contribution is 9.10. The average Bonchev–Trinajstić information content (AvgIpc) is 2.83. The third-order valence-electron chi connectivity index (χ3n) is 3.71. The van der Waals surface area contributed by atoms with Gasteiger partial charge >= 0.3 is 0 Å². The molecule has 1 aliphatic rings. The Balaban J connectivity index is 2.00. The third kappa shape index (κ3) is 5.49. The number of carbonyl (C=O) groups is 1. The molecule has 1 aliphatic heterocycles. The van der Waals surface area contributed by atoms with E-state index in [-0.39, 0.29) is 36.0 Å². The average molecular weight is 404 g/mol. The zero-order chi connectivity index (χ0) is 17.0. The Morgan fingerprint density at radius 1 is 1.35 bits per heavy atom. The highest BCUT2D eigenvalue weighted by Crippen LogP contribution is 2.20. The van der Waals surface area contributed by atoms with Gasteiger partial charge < -0.3 is 9.64 Å². The van der Waals surface area contributed by atoms with Gasteiger partial charge in [0.15, 0.2) is 16.4 Å². The second-order valence-electron chi connectivity index (χ2n) is 6.24. The first-order chi connectivity index (χ1) is 10.8. The number of rotatable bonds is 6. The first-order valence-electron chi connectivity index (χ1n) is 7.65. The highest BCUT2D eigenvalue weighted by atomic mass is 79.9. The second-order valence-corrected chi connectivity index (χ2v) is 9.38. The maximum Gasteiger partial charge on any atom is 0.260 e. The van der Waals surface area contributed by atoms with Crippen LogP contribution in [0.25, 0.3) is 0 Å². The lowest BCUT2D eigenvalue weighted by atomic mass is 10.1. The molecule has 0 spiro atoms. The van der Waals surface area contributed by atoms with Crippen LogP contribution in [0.3, 0.4) is 0 Å². The Hall–Kier alpha value is -1.08. The molecule has 0 aromatic heterocycles. The lowest BCUT2D eigenvalue weighted by molar-refractivity contribution is -0.135. The monoisotopic (exact) mass is 403 g/mol. The molecule has 2 rings (SSSR count).